The quantitative estimate of drug-likeness (QED) is 0.711. The first-order valence-corrected chi connectivity index (χ1v) is 9.90. The molecule has 1 aromatic carbocycles. The Morgan fingerprint density at radius 3 is 2.86 bits per heavy atom. The first kappa shape index (κ1) is 18.4. The molecule has 1 aliphatic rings. The molecule has 4 rings (SSSR count). The summed E-state index contributed by atoms with van der Waals surface area (Å²) in [6, 6.07) is 12.1. The van der Waals surface area contributed by atoms with Gasteiger partial charge in [-0.1, -0.05) is 19.1 Å². The summed E-state index contributed by atoms with van der Waals surface area (Å²) in [5.41, 5.74) is 5.06. The maximum absolute atomic E-state index is 13.4. The van der Waals surface area contributed by atoms with Gasteiger partial charge in [0.05, 0.1) is 11.3 Å². The lowest BCUT2D eigenvalue weighted by molar-refractivity contribution is 0.0684. The Labute approximate surface area is 165 Å². The average Bonchev–Trinajstić information content (AvgIpc) is 2.67. The van der Waals surface area contributed by atoms with Crippen molar-refractivity contribution in [3.05, 3.63) is 59.4 Å². The van der Waals surface area contributed by atoms with Crippen molar-refractivity contribution in [2.24, 2.45) is 5.92 Å². The van der Waals surface area contributed by atoms with Gasteiger partial charge in [0.2, 0.25) is 0 Å². The van der Waals surface area contributed by atoms with Crippen LogP contribution < -0.4 is 5.32 Å². The van der Waals surface area contributed by atoms with Crippen LogP contribution in [0.2, 0.25) is 0 Å². The van der Waals surface area contributed by atoms with Gasteiger partial charge in [0.25, 0.3) is 5.91 Å². The first-order chi connectivity index (χ1) is 13.5. The molecule has 1 amide bonds. The third-order valence-corrected chi connectivity index (χ3v) is 5.33. The summed E-state index contributed by atoms with van der Waals surface area (Å²) in [6.07, 6.45) is 3.90. The van der Waals surface area contributed by atoms with E-state index in [9.17, 15) is 4.79 Å². The highest BCUT2D eigenvalue weighted by Gasteiger charge is 2.25. The van der Waals surface area contributed by atoms with E-state index in [1.165, 1.54) is 6.42 Å². The predicted molar refractivity (Wildman–Crippen MR) is 113 cm³/mol. The number of hydrogen-bond acceptors (Lipinski definition) is 4. The highest BCUT2D eigenvalue weighted by Crippen LogP contribution is 2.31. The summed E-state index contributed by atoms with van der Waals surface area (Å²) in [7, 11) is 0. The molecule has 0 saturated carbocycles. The van der Waals surface area contributed by atoms with Crippen LogP contribution in [0, 0.1) is 19.8 Å². The Morgan fingerprint density at radius 1 is 1.21 bits per heavy atom. The number of rotatable bonds is 3. The Balaban J connectivity index is 1.80. The van der Waals surface area contributed by atoms with Crippen molar-refractivity contribution in [1.29, 1.82) is 0 Å². The van der Waals surface area contributed by atoms with Crippen molar-refractivity contribution in [3.8, 4) is 0 Å². The first-order valence-electron chi connectivity index (χ1n) is 9.90. The lowest BCUT2D eigenvalue weighted by Gasteiger charge is -2.31. The van der Waals surface area contributed by atoms with E-state index in [-0.39, 0.29) is 5.91 Å². The smallest absolute Gasteiger partial charge is 0.257 e. The maximum atomic E-state index is 13.4. The van der Waals surface area contributed by atoms with Gasteiger partial charge in [-0.3, -0.25) is 4.79 Å². The summed E-state index contributed by atoms with van der Waals surface area (Å²) >= 11 is 0. The lowest BCUT2D eigenvalue weighted by Crippen LogP contribution is -2.39. The van der Waals surface area contributed by atoms with Crippen molar-refractivity contribution in [3.63, 3.8) is 0 Å². The summed E-state index contributed by atoms with van der Waals surface area (Å²) in [4.78, 5) is 24.4. The molecule has 5 heteroatoms. The zero-order valence-corrected chi connectivity index (χ0v) is 16.7. The molecular formula is C23H26N4O. The number of pyridine rings is 2. The molecule has 2 aromatic heterocycles. The zero-order valence-electron chi connectivity index (χ0n) is 16.7. The van der Waals surface area contributed by atoms with Crippen LogP contribution in [0.4, 0.5) is 11.4 Å². The summed E-state index contributed by atoms with van der Waals surface area (Å²) < 4.78 is 0. The van der Waals surface area contributed by atoms with E-state index >= 15 is 0 Å². The highest BCUT2D eigenvalue weighted by molar-refractivity contribution is 6.07. The number of amides is 1. The number of aromatic nitrogens is 2. The Hall–Kier alpha value is -2.95. The van der Waals surface area contributed by atoms with Gasteiger partial charge in [-0.15, -0.1) is 0 Å². The minimum Gasteiger partial charge on any atom is -0.354 e. The van der Waals surface area contributed by atoms with E-state index in [0.29, 0.717) is 17.1 Å². The van der Waals surface area contributed by atoms with Crippen LogP contribution in [-0.4, -0.2) is 33.9 Å². The van der Waals surface area contributed by atoms with Gasteiger partial charge in [0.1, 0.15) is 0 Å². The number of benzene rings is 1. The number of nitrogens with one attached hydrogen (secondary N) is 1. The standard InChI is InChI=1S/C23H26N4O/c1-15-6-4-8-18(12-15)26-21-19-10-9-17(3)25-22(19)24-13-20(21)23(28)27-11-5-7-16(2)14-27/h4,6,8-10,12-13,16H,5,7,11,14H2,1-3H3,(H,24,25,26)/t16-/m1/s1. The van der Waals surface area contributed by atoms with Gasteiger partial charge in [0.15, 0.2) is 5.65 Å². The molecule has 0 radical (unpaired) electrons. The number of aryl methyl sites for hydroxylation is 2. The van der Waals surface area contributed by atoms with Crippen LogP contribution in [0.3, 0.4) is 0 Å². The monoisotopic (exact) mass is 374 g/mol. The number of likely N-dealkylation sites (tertiary alicyclic amines) is 1. The SMILES string of the molecule is Cc1cccc(Nc2c(C(=O)N3CCC[C@@H](C)C3)cnc3nc(C)ccc23)c1. The molecule has 1 saturated heterocycles. The van der Waals surface area contributed by atoms with Crippen molar-refractivity contribution < 1.29 is 4.79 Å². The zero-order chi connectivity index (χ0) is 19.7. The second-order valence-electron chi connectivity index (χ2n) is 7.86. The topological polar surface area (TPSA) is 58.1 Å². The second-order valence-corrected chi connectivity index (χ2v) is 7.86. The van der Waals surface area contributed by atoms with Crippen molar-refractivity contribution in [2.75, 3.05) is 18.4 Å². The minimum atomic E-state index is 0.0386. The highest BCUT2D eigenvalue weighted by atomic mass is 16.2. The van der Waals surface area contributed by atoms with Gasteiger partial charge < -0.3 is 10.2 Å². The molecular weight excluding hydrogens is 348 g/mol. The van der Waals surface area contributed by atoms with Crippen molar-refractivity contribution >= 4 is 28.3 Å². The number of hydrogen-bond donors (Lipinski definition) is 1. The molecule has 3 aromatic rings. The molecule has 1 aliphatic heterocycles. The number of fused-ring (bicyclic) bond motifs is 1. The molecule has 1 atom stereocenters. The Bertz CT molecular complexity index is 1030. The third kappa shape index (κ3) is 3.70. The molecule has 0 aliphatic carbocycles. The van der Waals surface area contributed by atoms with E-state index in [2.05, 4.69) is 41.3 Å². The van der Waals surface area contributed by atoms with Gasteiger partial charge in [-0.25, -0.2) is 9.97 Å². The number of anilines is 2. The predicted octanol–water partition coefficient (Wildman–Crippen LogP) is 4.86. The fourth-order valence-electron chi connectivity index (χ4n) is 3.88. The van der Waals surface area contributed by atoms with Crippen LogP contribution in [-0.2, 0) is 0 Å². The van der Waals surface area contributed by atoms with E-state index in [0.717, 1.165) is 47.5 Å². The molecule has 28 heavy (non-hydrogen) atoms. The lowest BCUT2D eigenvalue weighted by atomic mass is 9.99. The summed E-state index contributed by atoms with van der Waals surface area (Å²) in [5, 5.41) is 4.34. The number of carbonyl (C=O) groups excluding carboxylic acids is 1. The molecule has 1 fully saturated rings. The normalized spacial score (nSPS) is 17.0. The largest absolute Gasteiger partial charge is 0.354 e. The Morgan fingerprint density at radius 2 is 2.07 bits per heavy atom. The van der Waals surface area contributed by atoms with Gasteiger partial charge >= 0.3 is 0 Å². The van der Waals surface area contributed by atoms with E-state index in [1.54, 1.807) is 6.20 Å². The average molecular weight is 374 g/mol. The van der Waals surface area contributed by atoms with Crippen LogP contribution in [0.5, 0.6) is 0 Å². The fourth-order valence-corrected chi connectivity index (χ4v) is 3.88. The van der Waals surface area contributed by atoms with Crippen LogP contribution in [0.25, 0.3) is 11.0 Å². The van der Waals surface area contributed by atoms with Crippen molar-refractivity contribution in [1.82, 2.24) is 14.9 Å². The molecule has 0 unspecified atom stereocenters. The molecule has 3 heterocycles. The minimum absolute atomic E-state index is 0.0386. The Kier molecular flexibility index (Phi) is 4.99. The maximum Gasteiger partial charge on any atom is 0.257 e. The van der Waals surface area contributed by atoms with Crippen molar-refractivity contribution in [2.45, 2.75) is 33.6 Å². The fraction of sp³-hybridized carbons (Fsp3) is 0.348. The van der Waals surface area contributed by atoms with Gasteiger partial charge in [-0.2, -0.15) is 0 Å². The third-order valence-electron chi connectivity index (χ3n) is 5.33. The van der Waals surface area contributed by atoms with E-state index < -0.39 is 0 Å². The molecule has 5 nitrogen and oxygen atoms in total. The van der Waals surface area contributed by atoms with E-state index in [1.807, 2.05) is 36.1 Å². The summed E-state index contributed by atoms with van der Waals surface area (Å²) in [5.74, 6) is 0.570. The van der Waals surface area contributed by atoms with Crippen LogP contribution >= 0.6 is 0 Å². The molecule has 0 bridgehead atoms. The second kappa shape index (κ2) is 7.58. The number of nitrogens with zero attached hydrogens (tertiary/aromatic N) is 3. The molecule has 144 valence electrons. The van der Waals surface area contributed by atoms with E-state index in [4.69, 9.17) is 0 Å². The molecule has 1 N–H and O–H groups in total. The molecule has 0 spiro atoms. The number of carbonyl (C=O) groups is 1. The van der Waals surface area contributed by atoms with Crippen LogP contribution in [0.15, 0.2) is 42.6 Å². The van der Waals surface area contributed by atoms with Gasteiger partial charge in [-0.05, 0) is 62.4 Å². The van der Waals surface area contributed by atoms with Gasteiger partial charge in [0, 0.05) is 36.1 Å². The number of piperidine rings is 1. The van der Waals surface area contributed by atoms with Crippen LogP contribution in [0.1, 0.15) is 41.4 Å². The summed E-state index contributed by atoms with van der Waals surface area (Å²) in [6.45, 7) is 7.81.